The van der Waals surface area contributed by atoms with Gasteiger partial charge in [0.1, 0.15) is 11.5 Å². The van der Waals surface area contributed by atoms with E-state index < -0.39 is 0 Å². The van der Waals surface area contributed by atoms with Crippen molar-refractivity contribution in [1.29, 1.82) is 0 Å². The molecule has 6 nitrogen and oxygen atoms in total. The zero-order valence-electron chi connectivity index (χ0n) is 16.1. The highest BCUT2D eigenvalue weighted by atomic mass is 16.5. The van der Waals surface area contributed by atoms with E-state index in [2.05, 4.69) is 15.2 Å². The minimum absolute atomic E-state index is 0.126. The van der Waals surface area contributed by atoms with Gasteiger partial charge in [0, 0.05) is 17.2 Å². The lowest BCUT2D eigenvalue weighted by atomic mass is 9.98. The van der Waals surface area contributed by atoms with E-state index in [9.17, 15) is 9.59 Å². The number of methoxy groups -OCH3 is 1. The van der Waals surface area contributed by atoms with Crippen LogP contribution in [0.3, 0.4) is 0 Å². The second kappa shape index (κ2) is 8.52. The van der Waals surface area contributed by atoms with Crippen molar-refractivity contribution < 1.29 is 18.8 Å². The molecule has 0 aliphatic carbocycles. The van der Waals surface area contributed by atoms with Crippen molar-refractivity contribution in [3.05, 3.63) is 65.9 Å². The lowest BCUT2D eigenvalue weighted by molar-refractivity contribution is -0.141. The molecule has 0 spiro atoms. The van der Waals surface area contributed by atoms with E-state index in [0.717, 1.165) is 22.4 Å². The van der Waals surface area contributed by atoms with Crippen LogP contribution in [0.25, 0.3) is 22.4 Å². The smallest absolute Gasteiger partial charge is 0.307 e. The number of rotatable bonds is 6. The van der Waals surface area contributed by atoms with E-state index in [0.29, 0.717) is 11.3 Å². The third-order valence-electron chi connectivity index (χ3n) is 4.42. The number of ether oxygens (including phenoxy) is 1. The van der Waals surface area contributed by atoms with Crippen LogP contribution in [0.4, 0.5) is 0 Å². The lowest BCUT2D eigenvalue weighted by Crippen LogP contribution is -2.34. The fourth-order valence-electron chi connectivity index (χ4n) is 2.98. The first kappa shape index (κ1) is 19.4. The maximum Gasteiger partial charge on any atom is 0.307 e. The maximum absolute atomic E-state index is 12.4. The Kier molecular flexibility index (Phi) is 5.89. The number of hydrogen-bond acceptors (Lipinski definition) is 5. The van der Waals surface area contributed by atoms with Crippen molar-refractivity contribution in [3.63, 3.8) is 0 Å². The highest BCUT2D eigenvalue weighted by Crippen LogP contribution is 2.34. The Bertz CT molecular complexity index is 962. The molecule has 0 saturated heterocycles. The Morgan fingerprint density at radius 1 is 1.07 bits per heavy atom. The minimum Gasteiger partial charge on any atom is -0.469 e. The lowest BCUT2D eigenvalue weighted by Gasteiger charge is -2.13. The molecule has 0 radical (unpaired) electrons. The van der Waals surface area contributed by atoms with Gasteiger partial charge >= 0.3 is 5.97 Å². The first-order chi connectivity index (χ1) is 13.5. The van der Waals surface area contributed by atoms with Gasteiger partial charge in [-0.15, -0.1) is 0 Å². The molecule has 1 aromatic heterocycles. The molecule has 1 atom stereocenters. The Morgan fingerprint density at radius 3 is 2.39 bits per heavy atom. The fraction of sp³-hybridized carbons (Fsp3) is 0.227. The van der Waals surface area contributed by atoms with Gasteiger partial charge in [-0.1, -0.05) is 47.6 Å². The molecule has 144 valence electrons. The molecule has 6 heteroatoms. The van der Waals surface area contributed by atoms with Crippen molar-refractivity contribution in [1.82, 2.24) is 10.5 Å². The predicted molar refractivity (Wildman–Crippen MR) is 106 cm³/mol. The maximum atomic E-state index is 12.4. The van der Waals surface area contributed by atoms with Gasteiger partial charge in [0.05, 0.1) is 19.1 Å². The second-order valence-electron chi connectivity index (χ2n) is 6.56. The average Bonchev–Trinajstić information content (AvgIpc) is 3.10. The molecule has 1 N–H and O–H groups in total. The van der Waals surface area contributed by atoms with E-state index in [1.54, 1.807) is 19.1 Å². The van der Waals surface area contributed by atoms with Crippen LogP contribution in [0, 0.1) is 6.92 Å². The van der Waals surface area contributed by atoms with Crippen molar-refractivity contribution in [2.75, 3.05) is 7.11 Å². The van der Waals surface area contributed by atoms with E-state index in [1.165, 1.54) is 7.11 Å². The van der Waals surface area contributed by atoms with E-state index >= 15 is 0 Å². The van der Waals surface area contributed by atoms with Gasteiger partial charge in [-0.3, -0.25) is 9.59 Å². The van der Waals surface area contributed by atoms with Crippen LogP contribution in [-0.2, 0) is 9.53 Å². The summed E-state index contributed by atoms with van der Waals surface area (Å²) < 4.78 is 10.0. The first-order valence-corrected chi connectivity index (χ1v) is 8.99. The van der Waals surface area contributed by atoms with Gasteiger partial charge in [-0.05, 0) is 31.5 Å². The largest absolute Gasteiger partial charge is 0.469 e. The summed E-state index contributed by atoms with van der Waals surface area (Å²) >= 11 is 0. The molecule has 3 aromatic rings. The van der Waals surface area contributed by atoms with Gasteiger partial charge < -0.3 is 14.6 Å². The van der Waals surface area contributed by atoms with Crippen molar-refractivity contribution in [2.24, 2.45) is 0 Å². The second-order valence-corrected chi connectivity index (χ2v) is 6.56. The molecule has 0 aliphatic heterocycles. The topological polar surface area (TPSA) is 81.4 Å². The molecule has 0 fully saturated rings. The molecule has 3 rings (SSSR count). The normalized spacial score (nSPS) is 11.7. The molecule has 2 aromatic carbocycles. The van der Waals surface area contributed by atoms with Crippen molar-refractivity contribution in [3.8, 4) is 22.4 Å². The molecular weight excluding hydrogens is 356 g/mol. The minimum atomic E-state index is -0.362. The monoisotopic (exact) mass is 378 g/mol. The predicted octanol–water partition coefficient (Wildman–Crippen LogP) is 4.00. The molecule has 0 saturated carbocycles. The van der Waals surface area contributed by atoms with Crippen molar-refractivity contribution in [2.45, 2.75) is 26.3 Å². The number of hydrogen-bond donors (Lipinski definition) is 1. The highest BCUT2D eigenvalue weighted by Gasteiger charge is 2.18. The molecule has 0 bridgehead atoms. The number of aromatic nitrogens is 1. The number of carbonyl (C=O) groups is 2. The summed E-state index contributed by atoms with van der Waals surface area (Å²) in [5, 5.41) is 6.99. The number of aryl methyl sites for hydroxylation is 1. The van der Waals surface area contributed by atoms with E-state index in [1.807, 2.05) is 49.4 Å². The summed E-state index contributed by atoms with van der Waals surface area (Å²) in [7, 11) is 1.33. The fourth-order valence-corrected chi connectivity index (χ4v) is 2.98. The Morgan fingerprint density at radius 2 is 1.75 bits per heavy atom. The van der Waals surface area contributed by atoms with Crippen LogP contribution in [0.5, 0.6) is 0 Å². The summed E-state index contributed by atoms with van der Waals surface area (Å²) in [6.07, 6.45) is 0.126. The number of carbonyl (C=O) groups excluding carboxylic acids is 2. The standard InChI is InChI=1S/C22H22N2O4/c1-14(13-19(25)27-3)23-22(26)18-11-9-16(10-12-18)20-15(2)28-24-21(20)17-7-5-4-6-8-17/h4-12,14H,13H2,1-3H3,(H,23,26)/t14-/m1/s1. The van der Waals surface area contributed by atoms with Crippen LogP contribution in [0.2, 0.25) is 0 Å². The summed E-state index contributed by atoms with van der Waals surface area (Å²) in [6, 6.07) is 16.7. The quantitative estimate of drug-likeness (QED) is 0.656. The van der Waals surface area contributed by atoms with Crippen LogP contribution in [-0.4, -0.2) is 30.2 Å². The van der Waals surface area contributed by atoms with Gasteiger partial charge in [0.25, 0.3) is 5.91 Å². The third kappa shape index (κ3) is 4.28. The molecule has 1 amide bonds. The number of esters is 1. The summed E-state index contributed by atoms with van der Waals surface area (Å²) in [6.45, 7) is 3.62. The highest BCUT2D eigenvalue weighted by molar-refractivity contribution is 5.95. The molecule has 0 aliphatic rings. The number of nitrogens with zero attached hydrogens (tertiary/aromatic N) is 1. The van der Waals surface area contributed by atoms with E-state index in [4.69, 9.17) is 4.52 Å². The molecule has 1 heterocycles. The average molecular weight is 378 g/mol. The number of amides is 1. The SMILES string of the molecule is COC(=O)C[C@@H](C)NC(=O)c1ccc(-c2c(-c3ccccc3)noc2C)cc1. The van der Waals surface area contributed by atoms with Crippen molar-refractivity contribution >= 4 is 11.9 Å². The van der Waals surface area contributed by atoms with Gasteiger partial charge in [0.2, 0.25) is 0 Å². The number of benzene rings is 2. The zero-order chi connectivity index (χ0) is 20.1. The zero-order valence-corrected chi connectivity index (χ0v) is 16.1. The van der Waals surface area contributed by atoms with Gasteiger partial charge in [-0.2, -0.15) is 0 Å². The first-order valence-electron chi connectivity index (χ1n) is 8.99. The van der Waals surface area contributed by atoms with Gasteiger partial charge in [0.15, 0.2) is 0 Å². The van der Waals surface area contributed by atoms with E-state index in [-0.39, 0.29) is 24.3 Å². The Balaban J connectivity index is 1.80. The Hall–Kier alpha value is -3.41. The van der Waals surface area contributed by atoms with Crippen LogP contribution in [0.15, 0.2) is 59.1 Å². The Labute approximate surface area is 163 Å². The van der Waals surface area contributed by atoms with Crippen LogP contribution >= 0.6 is 0 Å². The molecular formula is C22H22N2O4. The number of nitrogens with one attached hydrogen (secondary N) is 1. The summed E-state index contributed by atoms with van der Waals surface area (Å²) in [5.41, 5.74) is 4.06. The summed E-state index contributed by atoms with van der Waals surface area (Å²) in [5.74, 6) is 0.107. The summed E-state index contributed by atoms with van der Waals surface area (Å²) in [4.78, 5) is 23.7. The van der Waals surface area contributed by atoms with Gasteiger partial charge in [-0.25, -0.2) is 0 Å². The third-order valence-corrected chi connectivity index (χ3v) is 4.42. The molecule has 28 heavy (non-hydrogen) atoms. The molecule has 0 unspecified atom stereocenters. The van der Waals surface area contributed by atoms with Crippen LogP contribution < -0.4 is 5.32 Å². The van der Waals surface area contributed by atoms with Crippen LogP contribution in [0.1, 0.15) is 29.5 Å².